The normalized spacial score (nSPS) is 18.1. The number of hydrogen-bond donors (Lipinski definition) is 1. The molecule has 1 N–H and O–H groups in total. The highest BCUT2D eigenvalue weighted by atomic mass is 16.5. The smallest absolute Gasteiger partial charge is 0.158 e. The molecule has 0 amide bonds. The molecule has 0 saturated heterocycles. The van der Waals surface area contributed by atoms with Crippen LogP contribution in [0.5, 0.6) is 0 Å². The number of rotatable bonds is 6. The highest BCUT2D eigenvalue weighted by molar-refractivity contribution is 5.03. The van der Waals surface area contributed by atoms with E-state index in [4.69, 9.17) is 4.74 Å². The summed E-state index contributed by atoms with van der Waals surface area (Å²) in [6.07, 6.45) is 5.23. The van der Waals surface area contributed by atoms with Crippen molar-refractivity contribution in [3.63, 3.8) is 0 Å². The maximum Gasteiger partial charge on any atom is 0.158 e. The largest absolute Gasteiger partial charge is 0.388 e. The quantitative estimate of drug-likeness (QED) is 0.812. The van der Waals surface area contributed by atoms with Crippen molar-refractivity contribution in [3.8, 4) is 0 Å². The molecule has 1 fully saturated rings. The van der Waals surface area contributed by atoms with Crippen molar-refractivity contribution in [2.45, 2.75) is 57.8 Å². The molecule has 1 heterocycles. The molecule has 0 spiro atoms. The van der Waals surface area contributed by atoms with E-state index in [1.165, 1.54) is 6.42 Å². The number of methoxy groups -OCH3 is 1. The molecule has 96 valence electrons. The molecule has 0 aromatic carbocycles. The van der Waals surface area contributed by atoms with Crippen molar-refractivity contribution in [1.29, 1.82) is 0 Å². The Morgan fingerprint density at radius 1 is 1.35 bits per heavy atom. The van der Waals surface area contributed by atoms with Crippen LogP contribution in [-0.2, 0) is 24.3 Å². The van der Waals surface area contributed by atoms with E-state index in [0.717, 1.165) is 38.1 Å². The van der Waals surface area contributed by atoms with Crippen molar-refractivity contribution in [2.24, 2.45) is 0 Å². The summed E-state index contributed by atoms with van der Waals surface area (Å²) in [5.41, 5.74) is -0.0365. The van der Waals surface area contributed by atoms with Crippen molar-refractivity contribution >= 4 is 0 Å². The molecular weight excluding hydrogens is 218 g/mol. The van der Waals surface area contributed by atoms with Gasteiger partial charge < -0.3 is 14.4 Å². The molecule has 1 aromatic heterocycles. The van der Waals surface area contributed by atoms with Gasteiger partial charge in [-0.05, 0) is 25.7 Å². The van der Waals surface area contributed by atoms with E-state index in [-0.39, 0.29) is 12.2 Å². The summed E-state index contributed by atoms with van der Waals surface area (Å²) in [6, 6.07) is 0. The van der Waals surface area contributed by atoms with E-state index in [2.05, 4.69) is 17.1 Å². The third kappa shape index (κ3) is 2.35. The lowest BCUT2D eigenvalue weighted by Crippen LogP contribution is -2.42. The molecular formula is C12H21N3O2. The van der Waals surface area contributed by atoms with Crippen LogP contribution in [0.4, 0.5) is 0 Å². The average Bonchev–Trinajstić information content (AvgIpc) is 2.67. The number of aliphatic hydroxyl groups is 1. The standard InChI is InChI=1S/C12H21N3O2/c1-3-7-15-10(13-14-11(15)9-16)8-12(17-2)5-4-6-12/h16H,3-9H2,1-2H3. The van der Waals surface area contributed by atoms with Gasteiger partial charge >= 0.3 is 0 Å². The first-order valence-electron chi connectivity index (χ1n) is 6.31. The van der Waals surface area contributed by atoms with E-state index in [0.29, 0.717) is 5.82 Å². The minimum atomic E-state index is -0.0486. The predicted octanol–water partition coefficient (Wildman–Crippen LogP) is 1.29. The Labute approximate surface area is 102 Å². The summed E-state index contributed by atoms with van der Waals surface area (Å²) in [7, 11) is 1.77. The van der Waals surface area contributed by atoms with Gasteiger partial charge in [0.05, 0.1) is 5.60 Å². The Morgan fingerprint density at radius 2 is 2.06 bits per heavy atom. The number of hydrogen-bond acceptors (Lipinski definition) is 4. The maximum atomic E-state index is 9.23. The SMILES string of the molecule is CCCn1c(CO)nnc1CC1(OC)CCC1. The zero-order valence-electron chi connectivity index (χ0n) is 10.6. The van der Waals surface area contributed by atoms with E-state index in [1.54, 1.807) is 7.11 Å². The number of aromatic nitrogens is 3. The van der Waals surface area contributed by atoms with Crippen LogP contribution in [0, 0.1) is 0 Å². The third-order valence-corrected chi connectivity index (χ3v) is 3.67. The molecule has 0 atom stereocenters. The van der Waals surface area contributed by atoms with Crippen LogP contribution in [0.1, 0.15) is 44.3 Å². The van der Waals surface area contributed by atoms with Gasteiger partial charge in [-0.1, -0.05) is 6.92 Å². The Bertz CT molecular complexity index is 366. The Morgan fingerprint density at radius 3 is 2.53 bits per heavy atom. The summed E-state index contributed by atoms with van der Waals surface area (Å²) >= 11 is 0. The lowest BCUT2D eigenvalue weighted by molar-refractivity contribution is -0.0726. The summed E-state index contributed by atoms with van der Waals surface area (Å²) in [5, 5.41) is 17.5. The van der Waals surface area contributed by atoms with E-state index in [9.17, 15) is 5.11 Å². The summed E-state index contributed by atoms with van der Waals surface area (Å²) in [5.74, 6) is 1.60. The van der Waals surface area contributed by atoms with Gasteiger partial charge in [-0.2, -0.15) is 0 Å². The molecule has 1 aromatic rings. The number of ether oxygens (including phenoxy) is 1. The minimum Gasteiger partial charge on any atom is -0.388 e. The number of nitrogens with zero attached hydrogens (tertiary/aromatic N) is 3. The molecule has 0 bridgehead atoms. The fourth-order valence-corrected chi connectivity index (χ4v) is 2.41. The minimum absolute atomic E-state index is 0.0365. The zero-order valence-corrected chi connectivity index (χ0v) is 10.6. The van der Waals surface area contributed by atoms with Crippen molar-refractivity contribution in [1.82, 2.24) is 14.8 Å². The predicted molar refractivity (Wildman–Crippen MR) is 63.5 cm³/mol. The Hall–Kier alpha value is -0.940. The first kappa shape index (κ1) is 12.5. The van der Waals surface area contributed by atoms with Gasteiger partial charge in [-0.25, -0.2) is 0 Å². The number of aliphatic hydroxyl groups excluding tert-OH is 1. The fraction of sp³-hybridized carbons (Fsp3) is 0.833. The van der Waals surface area contributed by atoms with Crippen molar-refractivity contribution in [3.05, 3.63) is 11.6 Å². The molecule has 1 aliphatic carbocycles. The van der Waals surface area contributed by atoms with Gasteiger partial charge in [-0.15, -0.1) is 10.2 Å². The molecule has 17 heavy (non-hydrogen) atoms. The van der Waals surface area contributed by atoms with Gasteiger partial charge in [0, 0.05) is 20.1 Å². The second-order valence-corrected chi connectivity index (χ2v) is 4.76. The zero-order chi connectivity index (χ0) is 12.3. The van der Waals surface area contributed by atoms with Gasteiger partial charge in [0.2, 0.25) is 0 Å². The van der Waals surface area contributed by atoms with Gasteiger partial charge in [-0.3, -0.25) is 0 Å². The first-order chi connectivity index (χ1) is 8.24. The summed E-state index contributed by atoms with van der Waals surface area (Å²) < 4.78 is 7.64. The monoisotopic (exact) mass is 239 g/mol. The second-order valence-electron chi connectivity index (χ2n) is 4.76. The average molecular weight is 239 g/mol. The lowest BCUT2D eigenvalue weighted by Gasteiger charge is -2.40. The highest BCUT2D eigenvalue weighted by Crippen LogP contribution is 2.37. The summed E-state index contributed by atoms with van der Waals surface area (Å²) in [4.78, 5) is 0. The van der Waals surface area contributed by atoms with E-state index >= 15 is 0 Å². The van der Waals surface area contributed by atoms with Crippen LogP contribution in [0.15, 0.2) is 0 Å². The maximum absolute atomic E-state index is 9.23. The van der Waals surface area contributed by atoms with Crippen molar-refractivity contribution in [2.75, 3.05) is 7.11 Å². The van der Waals surface area contributed by atoms with Crippen LogP contribution in [0.3, 0.4) is 0 Å². The van der Waals surface area contributed by atoms with Gasteiger partial charge in [0.1, 0.15) is 12.4 Å². The molecule has 1 aliphatic rings. The van der Waals surface area contributed by atoms with Crippen LogP contribution < -0.4 is 0 Å². The molecule has 1 saturated carbocycles. The van der Waals surface area contributed by atoms with Crippen LogP contribution in [0.2, 0.25) is 0 Å². The molecule has 0 unspecified atom stereocenters. The van der Waals surface area contributed by atoms with Crippen LogP contribution >= 0.6 is 0 Å². The molecule has 2 rings (SSSR count). The van der Waals surface area contributed by atoms with E-state index < -0.39 is 0 Å². The lowest BCUT2D eigenvalue weighted by atomic mass is 9.77. The van der Waals surface area contributed by atoms with Gasteiger partial charge in [0.15, 0.2) is 5.82 Å². The van der Waals surface area contributed by atoms with Crippen LogP contribution in [-0.4, -0.2) is 32.6 Å². The van der Waals surface area contributed by atoms with Gasteiger partial charge in [0.25, 0.3) is 0 Å². The fourth-order valence-electron chi connectivity index (χ4n) is 2.41. The third-order valence-electron chi connectivity index (χ3n) is 3.67. The Kier molecular flexibility index (Phi) is 3.79. The molecule has 5 heteroatoms. The van der Waals surface area contributed by atoms with Crippen molar-refractivity contribution < 1.29 is 9.84 Å². The highest BCUT2D eigenvalue weighted by Gasteiger charge is 2.38. The molecule has 0 radical (unpaired) electrons. The molecule has 0 aliphatic heterocycles. The summed E-state index contributed by atoms with van der Waals surface area (Å²) in [6.45, 7) is 2.92. The second kappa shape index (κ2) is 5.14. The van der Waals surface area contributed by atoms with E-state index in [1.807, 2.05) is 4.57 Å². The molecule has 5 nitrogen and oxygen atoms in total. The first-order valence-corrected chi connectivity index (χ1v) is 6.31. The van der Waals surface area contributed by atoms with Crippen LogP contribution in [0.25, 0.3) is 0 Å². The Balaban J connectivity index is 2.17. The topological polar surface area (TPSA) is 60.2 Å².